The summed E-state index contributed by atoms with van der Waals surface area (Å²) in [7, 11) is 0. The number of nitrogens with zero attached hydrogens (tertiary/aromatic N) is 1. The van der Waals surface area contributed by atoms with Gasteiger partial charge in [0.15, 0.2) is 5.13 Å². The van der Waals surface area contributed by atoms with Gasteiger partial charge in [-0.15, -0.1) is 22.7 Å². The first-order valence-electron chi connectivity index (χ1n) is 7.49. The summed E-state index contributed by atoms with van der Waals surface area (Å²) < 4.78 is 6.50. The highest BCUT2D eigenvalue weighted by molar-refractivity contribution is 9.10. The first kappa shape index (κ1) is 18.4. The number of anilines is 1. The van der Waals surface area contributed by atoms with Crippen LogP contribution in [0, 0.1) is 0 Å². The molecule has 0 bridgehead atoms. The number of halogens is 2. The second kappa shape index (κ2) is 8.80. The fourth-order valence-corrected chi connectivity index (χ4v) is 4.27. The maximum absolute atomic E-state index is 12.0. The van der Waals surface area contributed by atoms with Crippen LogP contribution in [0.15, 0.2) is 45.6 Å². The Bertz CT molecular complexity index is 852. The molecule has 3 aromatic rings. The molecule has 0 aliphatic rings. The van der Waals surface area contributed by atoms with Gasteiger partial charge in [-0.2, -0.15) is 0 Å². The smallest absolute Gasteiger partial charge is 0.226 e. The number of rotatable bonds is 7. The van der Waals surface area contributed by atoms with Gasteiger partial charge in [0.25, 0.3) is 0 Å². The van der Waals surface area contributed by atoms with Crippen LogP contribution in [0.5, 0.6) is 5.75 Å². The topological polar surface area (TPSA) is 51.2 Å². The Labute approximate surface area is 167 Å². The molecule has 0 fully saturated rings. The number of carbonyl (C=O) groups is 1. The first-order chi connectivity index (χ1) is 12.1. The summed E-state index contributed by atoms with van der Waals surface area (Å²) in [5, 5.41) is 7.94. The molecule has 0 radical (unpaired) electrons. The van der Waals surface area contributed by atoms with E-state index in [1.807, 2.05) is 29.0 Å². The van der Waals surface area contributed by atoms with E-state index in [9.17, 15) is 4.79 Å². The van der Waals surface area contributed by atoms with Gasteiger partial charge in [-0.3, -0.25) is 4.79 Å². The highest BCUT2D eigenvalue weighted by Gasteiger charge is 2.09. The fourth-order valence-electron chi connectivity index (χ4n) is 2.06. The quantitative estimate of drug-likeness (QED) is 0.437. The lowest BCUT2D eigenvalue weighted by molar-refractivity contribution is -0.116. The van der Waals surface area contributed by atoms with Crippen molar-refractivity contribution in [2.45, 2.75) is 12.8 Å². The Morgan fingerprint density at radius 2 is 2.20 bits per heavy atom. The van der Waals surface area contributed by atoms with Crippen molar-refractivity contribution >= 4 is 61.2 Å². The van der Waals surface area contributed by atoms with E-state index < -0.39 is 0 Å². The molecule has 1 N–H and O–H groups in total. The van der Waals surface area contributed by atoms with Crippen LogP contribution in [-0.2, 0) is 4.79 Å². The zero-order valence-corrected chi connectivity index (χ0v) is 17.0. The van der Waals surface area contributed by atoms with Crippen molar-refractivity contribution in [2.24, 2.45) is 0 Å². The van der Waals surface area contributed by atoms with Crippen LogP contribution in [0.2, 0.25) is 5.02 Å². The van der Waals surface area contributed by atoms with E-state index in [4.69, 9.17) is 16.3 Å². The summed E-state index contributed by atoms with van der Waals surface area (Å²) in [6.45, 7) is 0.424. The number of hydrogen-bond acceptors (Lipinski definition) is 5. The molecule has 8 heteroatoms. The van der Waals surface area contributed by atoms with E-state index in [2.05, 4.69) is 26.2 Å². The van der Waals surface area contributed by atoms with Crippen LogP contribution in [0.1, 0.15) is 12.8 Å². The third-order valence-electron chi connectivity index (χ3n) is 3.22. The summed E-state index contributed by atoms with van der Waals surface area (Å²) in [5.41, 5.74) is 0.892. The Kier molecular flexibility index (Phi) is 6.47. The lowest BCUT2D eigenvalue weighted by atomic mass is 10.3. The standard InChI is InChI=1S/C17H14BrClN2O2S2/c18-11-5-6-14(12(19)9-11)23-7-1-4-16(22)21-17-20-13(10-25-17)15-3-2-8-24-15/h2-3,5-6,8-10H,1,4,7H2,(H,20,21,22). The van der Waals surface area contributed by atoms with Crippen LogP contribution in [0.25, 0.3) is 10.6 Å². The predicted octanol–water partition coefficient (Wildman–Crippen LogP) is 6.09. The van der Waals surface area contributed by atoms with E-state index in [1.165, 1.54) is 11.3 Å². The number of carbonyl (C=O) groups excluding carboxylic acids is 1. The van der Waals surface area contributed by atoms with Crippen molar-refractivity contribution in [3.63, 3.8) is 0 Å². The molecular weight excluding hydrogens is 444 g/mol. The van der Waals surface area contributed by atoms with Gasteiger partial charge < -0.3 is 10.1 Å². The minimum absolute atomic E-state index is 0.0717. The van der Waals surface area contributed by atoms with E-state index in [-0.39, 0.29) is 5.91 Å². The van der Waals surface area contributed by atoms with Gasteiger partial charge in [0.2, 0.25) is 5.91 Å². The van der Waals surface area contributed by atoms with Gasteiger partial charge in [-0.25, -0.2) is 4.98 Å². The molecule has 2 heterocycles. The molecule has 0 atom stereocenters. The molecular formula is C17H14BrClN2O2S2. The van der Waals surface area contributed by atoms with Gasteiger partial charge in [0.05, 0.1) is 22.2 Å². The summed E-state index contributed by atoms with van der Waals surface area (Å²) in [6, 6.07) is 9.43. The van der Waals surface area contributed by atoms with Crippen molar-refractivity contribution in [1.82, 2.24) is 4.98 Å². The van der Waals surface area contributed by atoms with Crippen LogP contribution in [-0.4, -0.2) is 17.5 Å². The second-order valence-electron chi connectivity index (χ2n) is 5.09. The Morgan fingerprint density at radius 3 is 2.96 bits per heavy atom. The minimum atomic E-state index is -0.0717. The van der Waals surface area contributed by atoms with E-state index in [0.717, 1.165) is 15.0 Å². The summed E-state index contributed by atoms with van der Waals surface area (Å²) in [4.78, 5) is 17.5. The third-order valence-corrected chi connectivity index (χ3v) is 5.66. The Balaban J connectivity index is 1.42. The van der Waals surface area contributed by atoms with Gasteiger partial charge in [-0.1, -0.05) is 33.6 Å². The number of ether oxygens (including phenoxy) is 1. The van der Waals surface area contributed by atoms with Crippen LogP contribution in [0.4, 0.5) is 5.13 Å². The maximum atomic E-state index is 12.0. The monoisotopic (exact) mass is 456 g/mol. The zero-order valence-electron chi connectivity index (χ0n) is 13.0. The summed E-state index contributed by atoms with van der Waals surface area (Å²) >= 11 is 12.5. The highest BCUT2D eigenvalue weighted by atomic mass is 79.9. The van der Waals surface area contributed by atoms with Crippen LogP contribution < -0.4 is 10.1 Å². The van der Waals surface area contributed by atoms with E-state index in [0.29, 0.717) is 35.4 Å². The third kappa shape index (κ3) is 5.28. The maximum Gasteiger partial charge on any atom is 0.226 e. The van der Waals surface area contributed by atoms with Crippen molar-refractivity contribution in [2.75, 3.05) is 11.9 Å². The molecule has 0 unspecified atom stereocenters. The SMILES string of the molecule is O=C(CCCOc1ccc(Br)cc1Cl)Nc1nc(-c2cccs2)cs1. The molecule has 4 nitrogen and oxygen atoms in total. The molecule has 3 rings (SSSR count). The van der Waals surface area contributed by atoms with Gasteiger partial charge in [0, 0.05) is 16.3 Å². The number of thiazole rings is 1. The predicted molar refractivity (Wildman–Crippen MR) is 108 cm³/mol. The number of thiophene rings is 1. The van der Waals surface area contributed by atoms with Gasteiger partial charge in [0.1, 0.15) is 5.75 Å². The highest BCUT2D eigenvalue weighted by Crippen LogP contribution is 2.29. The van der Waals surface area contributed by atoms with Gasteiger partial charge >= 0.3 is 0 Å². The van der Waals surface area contributed by atoms with E-state index >= 15 is 0 Å². The number of aromatic nitrogens is 1. The molecule has 0 spiro atoms. The molecule has 130 valence electrons. The number of benzene rings is 1. The van der Waals surface area contributed by atoms with Crippen molar-refractivity contribution < 1.29 is 9.53 Å². The molecule has 0 aliphatic heterocycles. The number of amides is 1. The number of nitrogens with one attached hydrogen (secondary N) is 1. The molecule has 0 saturated heterocycles. The molecule has 25 heavy (non-hydrogen) atoms. The number of hydrogen-bond donors (Lipinski definition) is 1. The molecule has 0 saturated carbocycles. The fraction of sp³-hybridized carbons (Fsp3) is 0.176. The van der Waals surface area contributed by atoms with Gasteiger partial charge in [-0.05, 0) is 36.1 Å². The summed E-state index contributed by atoms with van der Waals surface area (Å²) in [6.07, 6.45) is 0.962. The minimum Gasteiger partial charge on any atom is -0.492 e. The molecule has 0 aliphatic carbocycles. The van der Waals surface area contributed by atoms with Crippen molar-refractivity contribution in [3.8, 4) is 16.3 Å². The Hall–Kier alpha value is -1.41. The lowest BCUT2D eigenvalue weighted by Crippen LogP contribution is -2.12. The Morgan fingerprint density at radius 1 is 1.32 bits per heavy atom. The summed E-state index contributed by atoms with van der Waals surface area (Å²) in [5.74, 6) is 0.545. The van der Waals surface area contributed by atoms with Crippen molar-refractivity contribution in [1.29, 1.82) is 0 Å². The average Bonchev–Trinajstić information content (AvgIpc) is 3.24. The lowest BCUT2D eigenvalue weighted by Gasteiger charge is -2.08. The average molecular weight is 458 g/mol. The first-order valence-corrected chi connectivity index (χ1v) is 10.4. The zero-order chi connectivity index (χ0) is 17.6. The van der Waals surface area contributed by atoms with Crippen molar-refractivity contribution in [3.05, 3.63) is 50.6 Å². The molecule has 1 amide bonds. The molecule has 1 aromatic carbocycles. The van der Waals surface area contributed by atoms with Crippen LogP contribution in [0.3, 0.4) is 0 Å². The second-order valence-corrected chi connectivity index (χ2v) is 8.22. The van der Waals surface area contributed by atoms with Crippen LogP contribution >= 0.6 is 50.2 Å². The largest absolute Gasteiger partial charge is 0.492 e. The normalized spacial score (nSPS) is 10.6. The molecule has 2 aromatic heterocycles. The van der Waals surface area contributed by atoms with E-state index in [1.54, 1.807) is 23.5 Å².